The number of hydrogen-bond donors (Lipinski definition) is 25. The first kappa shape index (κ1) is 117. The van der Waals surface area contributed by atoms with E-state index in [9.17, 15) is 112 Å². The molecule has 0 bridgehead atoms. The van der Waals surface area contributed by atoms with Gasteiger partial charge in [-0.2, -0.15) is 0 Å². The van der Waals surface area contributed by atoms with E-state index in [0.29, 0.717) is 80.1 Å². The molecule has 28 N–H and O–H groups in total. The summed E-state index contributed by atoms with van der Waals surface area (Å²) in [5.41, 5.74) is 20.2. The number of nitrogens with zero attached hydrogens (tertiary/aromatic N) is 1. The molecule has 13 amide bonds. The number of carboxylic acids is 4. The average molecular weight is 2100 g/mol. The van der Waals surface area contributed by atoms with E-state index in [4.69, 9.17) is 58.2 Å². The van der Waals surface area contributed by atoms with E-state index in [1.807, 2.05) is 30.5 Å². The van der Waals surface area contributed by atoms with Crippen LogP contribution in [0.3, 0.4) is 0 Å². The molecule has 1 aliphatic carbocycles. The van der Waals surface area contributed by atoms with Crippen molar-refractivity contribution in [1.29, 1.82) is 5.41 Å². The minimum atomic E-state index is -1.92. The number of aromatic nitrogens is 1. The van der Waals surface area contributed by atoms with E-state index >= 15 is 0 Å². The third kappa shape index (κ3) is 40.6. The number of para-hydroxylation sites is 1. The zero-order valence-corrected chi connectivity index (χ0v) is 82.8. The van der Waals surface area contributed by atoms with Gasteiger partial charge in [0.15, 0.2) is 16.5 Å². The number of anilines is 1. The fourth-order valence-electron chi connectivity index (χ4n) is 15.6. The number of aliphatic carboxylic acids is 3. The quantitative estimate of drug-likeness (QED) is 0.00547. The van der Waals surface area contributed by atoms with Crippen LogP contribution in [0.1, 0.15) is 138 Å². The van der Waals surface area contributed by atoms with Crippen LogP contribution in [0.2, 0.25) is 0 Å². The van der Waals surface area contributed by atoms with Gasteiger partial charge in [-0.05, 0) is 175 Å². The first-order valence-electron chi connectivity index (χ1n) is 47.8. The summed E-state index contributed by atoms with van der Waals surface area (Å²) >= 11 is 5.61. The first-order valence-corrected chi connectivity index (χ1v) is 50.7. The predicted octanol–water partition coefficient (Wildman–Crippen LogP) is -0.939. The van der Waals surface area contributed by atoms with Crippen molar-refractivity contribution in [2.45, 2.75) is 183 Å². The Morgan fingerprint density at radius 3 is 1.79 bits per heavy atom. The Hall–Kier alpha value is -13.9. The third-order valence-electron chi connectivity index (χ3n) is 23.0. The van der Waals surface area contributed by atoms with Gasteiger partial charge in [0.2, 0.25) is 76.8 Å². The third-order valence-corrected chi connectivity index (χ3v) is 25.7. The molecule has 146 heavy (non-hydrogen) atoms. The number of aromatic hydroxyl groups is 1. The molecule has 52 heteroatoms. The Morgan fingerprint density at radius 1 is 0.555 bits per heavy atom. The Labute approximate surface area is 851 Å². The molecule has 1 aromatic heterocycles. The molecule has 8 rings (SSSR count). The zero-order chi connectivity index (χ0) is 106. The molecule has 0 saturated carbocycles. The number of phenolic OH excluding ortho intramolecular Hbond substituents is 1. The smallest absolute Gasteiger partial charge is 0.336 e. The predicted molar refractivity (Wildman–Crippen MR) is 539 cm³/mol. The number of thiocarbonyl (C=S) groups is 1. The average Bonchev–Trinajstić information content (AvgIpc) is 0.919. The number of carbonyl (C=O) groups excluding carboxylic acids is 13. The number of H-pyrrole nitrogens is 1. The van der Waals surface area contributed by atoms with Gasteiger partial charge in [-0.15, -0.1) is 0 Å². The van der Waals surface area contributed by atoms with E-state index in [0.717, 1.165) is 43.0 Å². The first-order chi connectivity index (χ1) is 70.1. The Kier molecular flexibility index (Phi) is 50.4. The molecule has 4 heterocycles. The van der Waals surface area contributed by atoms with Crippen molar-refractivity contribution < 1.29 is 130 Å². The fraction of sp³-hybridized carbons (Fsp3) is 0.511. The summed E-state index contributed by atoms with van der Waals surface area (Å²) in [5, 5.41) is 98.8. The summed E-state index contributed by atoms with van der Waals surface area (Å²) in [6.45, 7) is -1.32. The molecule has 0 radical (unpaired) electrons. The van der Waals surface area contributed by atoms with Gasteiger partial charge in [-0.25, -0.2) is 9.59 Å². The van der Waals surface area contributed by atoms with Crippen LogP contribution >= 0.6 is 33.8 Å². The molecule has 796 valence electrons. The minimum absolute atomic E-state index is 0.000822. The summed E-state index contributed by atoms with van der Waals surface area (Å²) in [4.78, 5) is 245. The van der Waals surface area contributed by atoms with Crippen LogP contribution in [-0.2, 0) is 102 Å². The number of nitrogens with two attached hydrogens (primary N) is 3. The number of aromatic amines is 1. The molecular weight excluding hydrogens is 1970 g/mol. The van der Waals surface area contributed by atoms with Gasteiger partial charge in [0, 0.05) is 115 Å². The highest BCUT2D eigenvalue weighted by atomic mass is 33.1. The number of aryl methyl sites for hydroxylation is 1. The Morgan fingerprint density at radius 2 is 1.14 bits per heavy atom. The van der Waals surface area contributed by atoms with Gasteiger partial charge >= 0.3 is 23.9 Å². The van der Waals surface area contributed by atoms with Crippen LogP contribution in [0.25, 0.3) is 44.3 Å². The second kappa shape index (κ2) is 62.7. The van der Waals surface area contributed by atoms with Gasteiger partial charge in [0.05, 0.1) is 84.3 Å². The van der Waals surface area contributed by atoms with Crippen LogP contribution in [0.4, 0.5) is 5.69 Å². The Balaban J connectivity index is 0.861. The number of nitrogens with one attached hydrogen (secondary N) is 17. The van der Waals surface area contributed by atoms with E-state index in [2.05, 4.69) is 84.7 Å². The number of carbonyl (C=O) groups is 17. The van der Waals surface area contributed by atoms with Crippen molar-refractivity contribution >= 4 is 173 Å². The molecular formula is C94H129N21O28S3. The number of hydrogen-bond acceptors (Lipinski definition) is 30. The van der Waals surface area contributed by atoms with Crippen molar-refractivity contribution in [2.24, 2.45) is 17.2 Å². The normalized spacial score (nSPS) is 18.0. The number of benzene rings is 4. The summed E-state index contributed by atoms with van der Waals surface area (Å²) in [6, 6.07) is 7.52. The highest BCUT2D eigenvalue weighted by Gasteiger charge is 2.39. The molecule has 3 aromatic carbocycles. The van der Waals surface area contributed by atoms with Gasteiger partial charge in [-0.1, -0.05) is 45.9 Å². The number of carboxylic acid groups (broad SMARTS) is 4. The molecule has 4 aromatic rings. The second-order valence-electron chi connectivity index (χ2n) is 34.1. The van der Waals surface area contributed by atoms with E-state index in [1.165, 1.54) is 36.4 Å². The van der Waals surface area contributed by atoms with Gasteiger partial charge in [0.25, 0.3) is 0 Å². The van der Waals surface area contributed by atoms with E-state index < -0.39 is 193 Å². The maximum atomic E-state index is 14.5. The monoisotopic (exact) mass is 2100 g/mol. The standard InChI is InChI=1S/C94H129N21O28S3/c95-29-6-3-15-64(107-75(118)20-9-12-54-49-103-63-14-2-1-13-58(54)63)83(127)99-33-38-141-42-40-139-36-27-76(119)108-65(17-5-8-31-102-94(144)106-55-21-24-59(62(44-55)91(135)136)82-60-25-22-56(116)45-73(60)143-74-46-57(117)23-26-61(74)82)84(128)100-34-39-142-43-41-140-37-28-77(120)110-70-52-145-146-53-71(92(137)138)114-88(132)69(48-81(125)126)113-90(134)72-19-11-35-115(72)79(122)51-105-86(130)66(16-4-7-30-96)111-87(131)68(47-80(123)124)109-78(121)50-104-85(129)67(112-89(70)133)18-10-32-101-93(97)98/h1-2,13-14,21-26,44-46,49,64-72,103,116H,3-12,15-20,27-43,47-48,50-53,95-96H2,(H,99,127)(H,100,128)(H,104,129)(H,105,130)(H,107,118)(H,108,119)(H,109,121)(H,110,120)(H,111,131)(H,112,133)(H,113,134)(H,114,132)(H,123,124)(H,125,126)(H,135,136)(H,137,138)(H4,97,98,101)(H2,102,106,144). The number of guanidine groups is 1. The van der Waals surface area contributed by atoms with Crippen molar-refractivity contribution in [3.8, 4) is 28.2 Å². The summed E-state index contributed by atoms with van der Waals surface area (Å²) in [5.74, 6) is -18.4. The largest absolute Gasteiger partial charge is 0.508 e. The molecule has 2 saturated heterocycles. The van der Waals surface area contributed by atoms with Crippen molar-refractivity contribution in [1.82, 2.24) is 84.3 Å². The number of fused-ring (bicyclic) bond motifs is 4. The minimum Gasteiger partial charge on any atom is -0.508 e. The lowest BCUT2D eigenvalue weighted by Gasteiger charge is -2.27. The van der Waals surface area contributed by atoms with Crippen molar-refractivity contribution in [2.75, 3.05) is 129 Å². The molecule has 0 spiro atoms. The highest BCUT2D eigenvalue weighted by Crippen LogP contribution is 2.43. The topological polar surface area (TPSA) is 760 Å². The van der Waals surface area contributed by atoms with Crippen molar-refractivity contribution in [3.63, 3.8) is 0 Å². The van der Waals surface area contributed by atoms with Gasteiger partial charge in [-0.3, -0.25) is 82.1 Å². The lowest BCUT2D eigenvalue weighted by Crippen LogP contribution is -2.57. The number of amides is 13. The number of rotatable bonds is 52. The number of ether oxygens (including phenoxy) is 4. The van der Waals surface area contributed by atoms with Gasteiger partial charge < -0.3 is 156 Å². The van der Waals surface area contributed by atoms with Crippen LogP contribution in [-0.4, -0.2) is 325 Å². The summed E-state index contributed by atoms with van der Waals surface area (Å²) in [7, 11) is 1.54. The van der Waals surface area contributed by atoms with Gasteiger partial charge in [0.1, 0.15) is 71.5 Å². The highest BCUT2D eigenvalue weighted by molar-refractivity contribution is 8.76. The van der Waals surface area contributed by atoms with E-state index in [1.54, 1.807) is 18.2 Å². The van der Waals surface area contributed by atoms with Crippen LogP contribution in [0.15, 0.2) is 94.3 Å². The summed E-state index contributed by atoms with van der Waals surface area (Å²) < 4.78 is 28.7. The molecule has 4 aliphatic rings. The van der Waals surface area contributed by atoms with Crippen LogP contribution in [0, 0.1) is 5.41 Å². The second-order valence-corrected chi connectivity index (χ2v) is 37.0. The SMILES string of the molecule is N=C(N)NCCCC1NC(=O)C(NC(=O)CCOCCOCCNC(=O)C(CCCCNC(=S)Nc2ccc(-c3c4ccc(=O)cc-4oc4cc(O)ccc34)c(C(=O)O)c2)NC(=O)CCOCCOCCNC(=O)C(CCCCN)NC(=O)CCCc2c[nH]c3ccccc23)CSSCC(C(=O)O)NC(=O)C(CC(=O)O)NC(=O)C2CCCN2C(=O)CNC(=O)C(CCCCN)NC(=O)C(CC(=O)O)NC(=O)CNC1=O. The van der Waals surface area contributed by atoms with Crippen LogP contribution < -0.4 is 102 Å². The van der Waals surface area contributed by atoms with Crippen LogP contribution in [0.5, 0.6) is 5.75 Å². The van der Waals surface area contributed by atoms with Crippen molar-refractivity contribution in [3.05, 3.63) is 106 Å². The van der Waals surface area contributed by atoms with E-state index in [-0.39, 0.29) is 200 Å². The maximum Gasteiger partial charge on any atom is 0.336 e. The molecule has 49 nitrogen and oxygen atoms in total. The lowest BCUT2D eigenvalue weighted by atomic mass is 9.90. The number of aromatic carboxylic acids is 1. The zero-order valence-electron chi connectivity index (χ0n) is 80.4. The number of unbranched alkanes of at least 4 members (excludes halogenated alkanes) is 3. The molecule has 9 unspecified atom stereocenters. The summed E-state index contributed by atoms with van der Waals surface area (Å²) in [6.07, 6.45) is 3.64. The Bertz CT molecular complexity index is 5540. The lowest BCUT2D eigenvalue weighted by molar-refractivity contribution is -0.144. The molecule has 2 fully saturated rings. The maximum absolute atomic E-state index is 14.5. The molecule has 3 aliphatic heterocycles. The molecule has 9 atom stereocenters. The number of phenols is 1. The fourth-order valence-corrected chi connectivity index (χ4v) is 18.1.